The molecule has 0 spiro atoms. The third-order valence-electron chi connectivity index (χ3n) is 4.92. The van der Waals surface area contributed by atoms with Crippen LogP contribution in [0.4, 0.5) is 0 Å². The molecule has 1 aromatic carbocycles. The first kappa shape index (κ1) is 22.7. The van der Waals surface area contributed by atoms with Crippen molar-refractivity contribution in [2.24, 2.45) is 4.99 Å². The molecule has 1 aliphatic rings. The predicted octanol–water partition coefficient (Wildman–Crippen LogP) is 2.78. The molecule has 6 heteroatoms. The van der Waals surface area contributed by atoms with Crippen molar-refractivity contribution >= 4 is 5.96 Å². The third-order valence-corrected chi connectivity index (χ3v) is 4.92. The number of benzene rings is 1. The minimum atomic E-state index is -0.230. The monoisotopic (exact) mass is 390 g/mol. The first-order valence-corrected chi connectivity index (χ1v) is 10.3. The molecular formula is C22H38N4O2. The summed E-state index contributed by atoms with van der Waals surface area (Å²) in [6.07, 6.45) is 0.606. The number of methoxy groups -OCH3 is 1. The van der Waals surface area contributed by atoms with E-state index >= 15 is 0 Å². The highest BCUT2D eigenvalue weighted by molar-refractivity contribution is 5.79. The average Bonchev–Trinajstić information content (AvgIpc) is 2.64. The van der Waals surface area contributed by atoms with E-state index in [-0.39, 0.29) is 5.60 Å². The highest BCUT2D eigenvalue weighted by Gasteiger charge is 2.22. The molecular weight excluding hydrogens is 352 g/mol. The van der Waals surface area contributed by atoms with Crippen LogP contribution in [0.3, 0.4) is 0 Å². The Labute approximate surface area is 170 Å². The van der Waals surface area contributed by atoms with Gasteiger partial charge in [0, 0.05) is 39.8 Å². The third kappa shape index (κ3) is 7.78. The molecule has 158 valence electrons. The van der Waals surface area contributed by atoms with Gasteiger partial charge in [-0.2, -0.15) is 0 Å². The molecule has 1 saturated heterocycles. The second kappa shape index (κ2) is 10.8. The van der Waals surface area contributed by atoms with Gasteiger partial charge in [-0.1, -0.05) is 24.3 Å². The van der Waals surface area contributed by atoms with Crippen LogP contribution in [-0.4, -0.2) is 62.0 Å². The number of hydrogen-bond acceptors (Lipinski definition) is 4. The van der Waals surface area contributed by atoms with Gasteiger partial charge in [0.25, 0.3) is 0 Å². The lowest BCUT2D eigenvalue weighted by Crippen LogP contribution is -2.45. The number of aliphatic imine (C=N–C) groups is 1. The van der Waals surface area contributed by atoms with Gasteiger partial charge in [0.2, 0.25) is 0 Å². The summed E-state index contributed by atoms with van der Waals surface area (Å²) in [4.78, 5) is 7.17. The quantitative estimate of drug-likeness (QED) is 0.528. The number of guanidine groups is 1. The lowest BCUT2D eigenvalue weighted by atomic mass is 10.1. The fourth-order valence-electron chi connectivity index (χ4n) is 3.30. The summed E-state index contributed by atoms with van der Waals surface area (Å²) in [6.45, 7) is 15.6. The van der Waals surface area contributed by atoms with Crippen LogP contribution in [0, 0.1) is 0 Å². The highest BCUT2D eigenvalue weighted by atomic mass is 16.5. The van der Waals surface area contributed by atoms with Crippen molar-refractivity contribution in [1.29, 1.82) is 0 Å². The van der Waals surface area contributed by atoms with Crippen molar-refractivity contribution in [1.82, 2.24) is 15.5 Å². The lowest BCUT2D eigenvalue weighted by molar-refractivity contribution is -0.0704. The molecule has 0 aromatic heterocycles. The van der Waals surface area contributed by atoms with E-state index < -0.39 is 0 Å². The van der Waals surface area contributed by atoms with Gasteiger partial charge in [-0.15, -0.1) is 0 Å². The maximum absolute atomic E-state index is 5.82. The zero-order valence-corrected chi connectivity index (χ0v) is 18.4. The lowest BCUT2D eigenvalue weighted by Gasteiger charge is -2.35. The zero-order chi connectivity index (χ0) is 20.6. The summed E-state index contributed by atoms with van der Waals surface area (Å²) in [6, 6.07) is 8.78. The fraction of sp³-hybridized carbons (Fsp3) is 0.682. The molecule has 2 N–H and O–H groups in total. The molecule has 28 heavy (non-hydrogen) atoms. The molecule has 0 saturated carbocycles. The molecule has 1 heterocycles. The molecule has 1 aromatic rings. The van der Waals surface area contributed by atoms with E-state index in [4.69, 9.17) is 14.5 Å². The Bertz CT molecular complexity index is 605. The Balaban J connectivity index is 1.89. The second-order valence-electron chi connectivity index (χ2n) is 8.28. The van der Waals surface area contributed by atoms with Gasteiger partial charge >= 0.3 is 0 Å². The van der Waals surface area contributed by atoms with Crippen LogP contribution in [0.15, 0.2) is 29.3 Å². The minimum absolute atomic E-state index is 0.230. The van der Waals surface area contributed by atoms with Crippen LogP contribution >= 0.6 is 0 Å². The molecule has 1 aliphatic heterocycles. The van der Waals surface area contributed by atoms with E-state index in [1.807, 2.05) is 0 Å². The Morgan fingerprint density at radius 2 is 1.75 bits per heavy atom. The van der Waals surface area contributed by atoms with Crippen LogP contribution in [0.2, 0.25) is 0 Å². The van der Waals surface area contributed by atoms with Crippen molar-refractivity contribution in [3.63, 3.8) is 0 Å². The first-order valence-electron chi connectivity index (χ1n) is 10.3. The molecule has 0 bridgehead atoms. The number of nitrogens with one attached hydrogen (secondary N) is 2. The van der Waals surface area contributed by atoms with Crippen molar-refractivity contribution in [2.45, 2.75) is 65.5 Å². The van der Waals surface area contributed by atoms with Gasteiger partial charge in [0.1, 0.15) is 0 Å². The molecule has 2 atom stereocenters. The van der Waals surface area contributed by atoms with Crippen LogP contribution in [0.25, 0.3) is 0 Å². The normalized spacial score (nSPS) is 21.6. The highest BCUT2D eigenvalue weighted by Crippen LogP contribution is 2.15. The number of hydrogen-bond donors (Lipinski definition) is 2. The van der Waals surface area contributed by atoms with Gasteiger partial charge in [-0.3, -0.25) is 4.90 Å². The van der Waals surface area contributed by atoms with Crippen LogP contribution in [0.5, 0.6) is 0 Å². The minimum Gasteiger partial charge on any atom is -0.377 e. The summed E-state index contributed by atoms with van der Waals surface area (Å²) >= 11 is 0. The van der Waals surface area contributed by atoms with Crippen molar-refractivity contribution < 1.29 is 9.47 Å². The van der Waals surface area contributed by atoms with Gasteiger partial charge in [0.15, 0.2) is 5.96 Å². The zero-order valence-electron chi connectivity index (χ0n) is 18.4. The van der Waals surface area contributed by atoms with Crippen LogP contribution in [-0.2, 0) is 22.6 Å². The Kier molecular flexibility index (Phi) is 8.73. The largest absolute Gasteiger partial charge is 0.377 e. The van der Waals surface area contributed by atoms with E-state index in [0.717, 1.165) is 32.1 Å². The van der Waals surface area contributed by atoms with E-state index in [2.05, 4.69) is 74.4 Å². The molecule has 0 amide bonds. The van der Waals surface area contributed by atoms with Gasteiger partial charge in [0.05, 0.1) is 24.4 Å². The Morgan fingerprint density at radius 1 is 1.14 bits per heavy atom. The van der Waals surface area contributed by atoms with Crippen LogP contribution < -0.4 is 10.6 Å². The summed E-state index contributed by atoms with van der Waals surface area (Å²) in [5.74, 6) is 0.813. The summed E-state index contributed by atoms with van der Waals surface area (Å²) in [7, 11) is 1.73. The number of nitrogens with zero attached hydrogens (tertiary/aromatic N) is 2. The van der Waals surface area contributed by atoms with Gasteiger partial charge in [-0.25, -0.2) is 4.99 Å². The van der Waals surface area contributed by atoms with Gasteiger partial charge < -0.3 is 20.1 Å². The van der Waals surface area contributed by atoms with Crippen LogP contribution in [0.1, 0.15) is 45.7 Å². The molecule has 1 fully saturated rings. The van der Waals surface area contributed by atoms with Gasteiger partial charge in [-0.05, 0) is 45.7 Å². The molecule has 2 rings (SSSR count). The predicted molar refractivity (Wildman–Crippen MR) is 116 cm³/mol. The second-order valence-corrected chi connectivity index (χ2v) is 8.28. The summed E-state index contributed by atoms with van der Waals surface area (Å²) in [5.41, 5.74) is 2.31. The number of morpholine rings is 1. The SMILES string of the molecule is CCNC(=NCc1ccc(CN2CC(C)OC(C)C2)cc1)NCC(C)(C)OC. The first-order chi connectivity index (χ1) is 13.3. The van der Waals surface area contributed by atoms with E-state index in [0.29, 0.717) is 25.3 Å². The van der Waals surface area contributed by atoms with Crippen molar-refractivity contribution in [2.75, 3.05) is 33.3 Å². The summed E-state index contributed by atoms with van der Waals surface area (Å²) in [5, 5.41) is 6.64. The fourth-order valence-corrected chi connectivity index (χ4v) is 3.30. The molecule has 0 radical (unpaired) electrons. The maximum atomic E-state index is 5.82. The Hall–Kier alpha value is -1.63. The number of rotatable bonds is 8. The van der Waals surface area contributed by atoms with E-state index in [1.54, 1.807) is 7.11 Å². The smallest absolute Gasteiger partial charge is 0.191 e. The van der Waals surface area contributed by atoms with Crippen molar-refractivity contribution in [3.05, 3.63) is 35.4 Å². The number of ether oxygens (including phenoxy) is 2. The molecule has 0 aliphatic carbocycles. The average molecular weight is 391 g/mol. The molecule has 6 nitrogen and oxygen atoms in total. The van der Waals surface area contributed by atoms with Crippen molar-refractivity contribution in [3.8, 4) is 0 Å². The summed E-state index contributed by atoms with van der Waals surface area (Å²) < 4.78 is 11.3. The van der Waals surface area contributed by atoms with E-state index in [9.17, 15) is 0 Å². The van der Waals surface area contributed by atoms with E-state index in [1.165, 1.54) is 11.1 Å². The standard InChI is InChI=1S/C22H38N4O2/c1-7-23-21(25-16-22(4,5)27-6)24-12-19-8-10-20(11-9-19)15-26-13-17(2)28-18(3)14-26/h8-11,17-18H,7,12-16H2,1-6H3,(H2,23,24,25). The molecule has 2 unspecified atom stereocenters. The maximum Gasteiger partial charge on any atom is 0.191 e. The topological polar surface area (TPSA) is 58.1 Å². The Morgan fingerprint density at radius 3 is 2.32 bits per heavy atom.